The third-order valence-corrected chi connectivity index (χ3v) is 4.45. The second-order valence-electron chi connectivity index (χ2n) is 5.45. The van der Waals surface area contributed by atoms with Gasteiger partial charge in [-0.1, -0.05) is 29.3 Å². The van der Waals surface area contributed by atoms with Gasteiger partial charge in [-0.05, 0) is 43.4 Å². The van der Waals surface area contributed by atoms with Gasteiger partial charge in [0.25, 0.3) is 0 Å². The van der Waals surface area contributed by atoms with Crippen LogP contribution in [-0.2, 0) is 11.3 Å². The number of nitrogens with one attached hydrogen (secondary N) is 2. The Morgan fingerprint density at radius 1 is 1.18 bits per heavy atom. The van der Waals surface area contributed by atoms with Gasteiger partial charge in [0, 0.05) is 22.6 Å². The second kappa shape index (κ2) is 7.70. The zero-order valence-corrected chi connectivity index (χ0v) is 13.5. The van der Waals surface area contributed by atoms with Crippen LogP contribution in [0.3, 0.4) is 0 Å². The van der Waals surface area contributed by atoms with E-state index in [1.807, 2.05) is 0 Å². The van der Waals surface area contributed by atoms with E-state index >= 15 is 0 Å². The molecule has 0 atom stereocenters. The highest BCUT2D eigenvalue weighted by molar-refractivity contribution is 6.35. The summed E-state index contributed by atoms with van der Waals surface area (Å²) in [5.41, 5.74) is 0.788. The molecule has 2 amide bonds. The lowest BCUT2D eigenvalue weighted by atomic mass is 9.86. The third-order valence-electron chi connectivity index (χ3n) is 3.87. The largest absolute Gasteiger partial charge is 0.481 e. The fourth-order valence-electron chi connectivity index (χ4n) is 2.56. The monoisotopic (exact) mass is 344 g/mol. The first-order valence-corrected chi connectivity index (χ1v) is 7.92. The number of benzene rings is 1. The maximum atomic E-state index is 11.9. The van der Waals surface area contributed by atoms with E-state index in [4.69, 9.17) is 28.3 Å². The van der Waals surface area contributed by atoms with E-state index in [1.165, 1.54) is 0 Å². The standard InChI is InChI=1S/C15H18Cl2N2O3/c16-11-4-1-10(13(17)7-11)8-18-15(22)19-12-5-2-9(3-6-12)14(20)21/h1,4,7,9,12H,2-3,5-6,8H2,(H,20,21)(H2,18,19,22). The Balaban J connectivity index is 1.75. The number of amides is 2. The van der Waals surface area contributed by atoms with Crippen LogP contribution >= 0.6 is 23.2 Å². The van der Waals surface area contributed by atoms with Gasteiger partial charge in [0.15, 0.2) is 0 Å². The summed E-state index contributed by atoms with van der Waals surface area (Å²) in [6.45, 7) is 0.312. The molecule has 1 fully saturated rings. The van der Waals surface area contributed by atoms with E-state index in [1.54, 1.807) is 18.2 Å². The highest BCUT2D eigenvalue weighted by Gasteiger charge is 2.26. The van der Waals surface area contributed by atoms with Crippen molar-refractivity contribution in [2.45, 2.75) is 38.3 Å². The van der Waals surface area contributed by atoms with Gasteiger partial charge < -0.3 is 15.7 Å². The summed E-state index contributed by atoms with van der Waals surface area (Å²) in [6, 6.07) is 4.87. The molecule has 22 heavy (non-hydrogen) atoms. The van der Waals surface area contributed by atoms with Crippen LogP contribution in [0.1, 0.15) is 31.2 Å². The molecule has 1 aromatic rings. The van der Waals surface area contributed by atoms with Crippen molar-refractivity contribution in [1.82, 2.24) is 10.6 Å². The molecule has 1 aromatic carbocycles. The van der Waals surface area contributed by atoms with Crippen molar-refractivity contribution in [3.8, 4) is 0 Å². The first kappa shape index (κ1) is 16.9. The zero-order valence-electron chi connectivity index (χ0n) is 11.9. The van der Waals surface area contributed by atoms with Crippen LogP contribution in [0, 0.1) is 5.92 Å². The molecule has 2 rings (SSSR count). The number of halogens is 2. The van der Waals surface area contributed by atoms with E-state index in [2.05, 4.69) is 10.6 Å². The van der Waals surface area contributed by atoms with Crippen LogP contribution in [0.25, 0.3) is 0 Å². The molecule has 0 saturated heterocycles. The number of urea groups is 1. The number of hydrogen-bond donors (Lipinski definition) is 3. The van der Waals surface area contributed by atoms with Crippen molar-refractivity contribution < 1.29 is 14.7 Å². The van der Waals surface area contributed by atoms with E-state index in [9.17, 15) is 9.59 Å². The average molecular weight is 345 g/mol. The predicted molar refractivity (Wildman–Crippen MR) is 85.2 cm³/mol. The number of carboxylic acid groups (broad SMARTS) is 1. The SMILES string of the molecule is O=C(NCc1ccc(Cl)cc1Cl)NC1CCC(C(=O)O)CC1. The molecule has 0 heterocycles. The van der Waals surface area contributed by atoms with Gasteiger partial charge in [-0.3, -0.25) is 4.79 Å². The summed E-state index contributed by atoms with van der Waals surface area (Å²) in [4.78, 5) is 22.7. The van der Waals surface area contributed by atoms with Gasteiger partial charge in [0.05, 0.1) is 5.92 Å². The van der Waals surface area contributed by atoms with Crippen LogP contribution in [0.2, 0.25) is 10.0 Å². The number of carboxylic acids is 1. The van der Waals surface area contributed by atoms with Crippen molar-refractivity contribution in [3.63, 3.8) is 0 Å². The maximum Gasteiger partial charge on any atom is 0.315 e. The van der Waals surface area contributed by atoms with Gasteiger partial charge >= 0.3 is 12.0 Å². The molecule has 1 aliphatic rings. The number of hydrogen-bond acceptors (Lipinski definition) is 2. The molecule has 5 nitrogen and oxygen atoms in total. The Labute approximate surface area is 139 Å². The minimum Gasteiger partial charge on any atom is -0.481 e. The molecule has 1 aliphatic carbocycles. The number of aliphatic carboxylic acids is 1. The summed E-state index contributed by atoms with van der Waals surface area (Å²) >= 11 is 11.9. The maximum absolute atomic E-state index is 11.9. The van der Waals surface area contributed by atoms with E-state index in [0.29, 0.717) is 42.3 Å². The minimum absolute atomic E-state index is 0.0243. The van der Waals surface area contributed by atoms with Crippen molar-refractivity contribution in [3.05, 3.63) is 33.8 Å². The third kappa shape index (κ3) is 4.78. The molecule has 0 aliphatic heterocycles. The first-order valence-electron chi connectivity index (χ1n) is 7.17. The molecule has 7 heteroatoms. The van der Waals surface area contributed by atoms with Crippen molar-refractivity contribution >= 4 is 35.2 Å². The van der Waals surface area contributed by atoms with Crippen molar-refractivity contribution in [1.29, 1.82) is 0 Å². The van der Waals surface area contributed by atoms with Gasteiger partial charge in [0.1, 0.15) is 0 Å². The second-order valence-corrected chi connectivity index (χ2v) is 6.29. The highest BCUT2D eigenvalue weighted by atomic mass is 35.5. The molecule has 3 N–H and O–H groups in total. The molecular formula is C15H18Cl2N2O3. The van der Waals surface area contributed by atoms with Crippen LogP contribution in [0.4, 0.5) is 4.79 Å². The predicted octanol–water partition coefficient (Wildman–Crippen LogP) is 3.44. The molecular weight excluding hydrogens is 327 g/mol. The van der Waals surface area contributed by atoms with Crippen LogP contribution < -0.4 is 10.6 Å². The lowest BCUT2D eigenvalue weighted by Gasteiger charge is -2.26. The fourth-order valence-corrected chi connectivity index (χ4v) is 3.04. The normalized spacial score (nSPS) is 21.2. The van der Waals surface area contributed by atoms with Crippen molar-refractivity contribution in [2.24, 2.45) is 5.92 Å². The smallest absolute Gasteiger partial charge is 0.315 e. The molecule has 0 radical (unpaired) electrons. The van der Waals surface area contributed by atoms with Gasteiger partial charge in [-0.15, -0.1) is 0 Å². The van der Waals surface area contributed by atoms with E-state index < -0.39 is 5.97 Å². The Kier molecular flexibility index (Phi) is 5.91. The number of carbonyl (C=O) groups is 2. The average Bonchev–Trinajstić information content (AvgIpc) is 2.47. The number of carbonyl (C=O) groups excluding carboxylic acids is 1. The summed E-state index contributed by atoms with van der Waals surface area (Å²) in [5.74, 6) is -1.03. The summed E-state index contributed by atoms with van der Waals surface area (Å²) in [6.07, 6.45) is 2.57. The van der Waals surface area contributed by atoms with Crippen LogP contribution in [0.15, 0.2) is 18.2 Å². The Bertz CT molecular complexity index is 558. The molecule has 0 unspecified atom stereocenters. The Hall–Kier alpha value is -1.46. The minimum atomic E-state index is -0.750. The summed E-state index contributed by atoms with van der Waals surface area (Å²) in [5, 5.41) is 15.6. The topological polar surface area (TPSA) is 78.4 Å². The van der Waals surface area contributed by atoms with Gasteiger partial charge in [-0.2, -0.15) is 0 Å². The fraction of sp³-hybridized carbons (Fsp3) is 0.467. The molecule has 0 aromatic heterocycles. The van der Waals surface area contributed by atoms with Crippen molar-refractivity contribution in [2.75, 3.05) is 0 Å². The number of rotatable bonds is 4. The van der Waals surface area contributed by atoms with Crippen LogP contribution in [0.5, 0.6) is 0 Å². The lowest BCUT2D eigenvalue weighted by molar-refractivity contribution is -0.142. The molecule has 0 bridgehead atoms. The summed E-state index contributed by atoms with van der Waals surface area (Å²) in [7, 11) is 0. The lowest BCUT2D eigenvalue weighted by Crippen LogP contribution is -2.43. The van der Waals surface area contributed by atoms with Gasteiger partial charge in [-0.25, -0.2) is 4.79 Å². The zero-order chi connectivity index (χ0) is 16.1. The summed E-state index contributed by atoms with van der Waals surface area (Å²) < 4.78 is 0. The molecule has 0 spiro atoms. The quantitative estimate of drug-likeness (QED) is 0.782. The first-order chi connectivity index (χ1) is 10.5. The van der Waals surface area contributed by atoms with E-state index in [0.717, 1.165) is 5.56 Å². The molecule has 120 valence electrons. The van der Waals surface area contributed by atoms with E-state index in [-0.39, 0.29) is 18.0 Å². The molecule has 1 saturated carbocycles. The van der Waals surface area contributed by atoms with Crippen LogP contribution in [-0.4, -0.2) is 23.1 Å². The Morgan fingerprint density at radius 2 is 1.86 bits per heavy atom. The van der Waals surface area contributed by atoms with Gasteiger partial charge in [0.2, 0.25) is 0 Å². The Morgan fingerprint density at radius 3 is 2.45 bits per heavy atom. The highest BCUT2D eigenvalue weighted by Crippen LogP contribution is 2.24.